The van der Waals surface area contributed by atoms with E-state index >= 15 is 0 Å². The summed E-state index contributed by atoms with van der Waals surface area (Å²) in [5.74, 6) is 0.307. The fraction of sp³-hybridized carbons (Fsp3) is 0.250. The summed E-state index contributed by atoms with van der Waals surface area (Å²) in [6.07, 6.45) is 0. The lowest BCUT2D eigenvalue weighted by Gasteiger charge is -2.09. The second-order valence-electron chi connectivity index (χ2n) is 4.88. The molecule has 0 radical (unpaired) electrons. The van der Waals surface area contributed by atoms with Gasteiger partial charge in [-0.1, -0.05) is 38.1 Å². The summed E-state index contributed by atoms with van der Waals surface area (Å²) in [5, 5.41) is 3.28. The highest BCUT2D eigenvalue weighted by atomic mass is 79.9. The van der Waals surface area contributed by atoms with E-state index in [2.05, 4.69) is 59.4 Å². The molecule has 0 aliphatic heterocycles. The minimum Gasteiger partial charge on any atom is -0.381 e. The van der Waals surface area contributed by atoms with Crippen molar-refractivity contribution in [2.24, 2.45) is 0 Å². The van der Waals surface area contributed by atoms with Crippen molar-refractivity contribution in [3.63, 3.8) is 0 Å². The van der Waals surface area contributed by atoms with Crippen molar-refractivity contribution in [3.8, 4) is 0 Å². The minimum atomic E-state index is -0.244. The average Bonchev–Trinajstić information content (AvgIpc) is 2.40. The fourth-order valence-electron chi connectivity index (χ4n) is 1.83. The lowest BCUT2D eigenvalue weighted by atomic mass is 10.0. The molecule has 1 nitrogen and oxygen atoms in total. The Balaban J connectivity index is 2.00. The van der Waals surface area contributed by atoms with E-state index in [9.17, 15) is 4.39 Å². The van der Waals surface area contributed by atoms with Gasteiger partial charge in [0.15, 0.2) is 0 Å². The Morgan fingerprint density at radius 1 is 1.11 bits per heavy atom. The SMILES string of the molecule is CC(C)c1ccc(CNc2ccc(F)c(Br)c2)cc1. The summed E-state index contributed by atoms with van der Waals surface area (Å²) in [5.41, 5.74) is 3.46. The van der Waals surface area contributed by atoms with Gasteiger partial charge in [0, 0.05) is 12.2 Å². The van der Waals surface area contributed by atoms with E-state index in [0.717, 1.165) is 12.2 Å². The molecule has 0 amide bonds. The molecule has 19 heavy (non-hydrogen) atoms. The van der Waals surface area contributed by atoms with Crippen LogP contribution in [0.15, 0.2) is 46.9 Å². The number of nitrogens with one attached hydrogen (secondary N) is 1. The van der Waals surface area contributed by atoms with E-state index in [4.69, 9.17) is 0 Å². The van der Waals surface area contributed by atoms with Crippen molar-refractivity contribution in [1.82, 2.24) is 0 Å². The maximum Gasteiger partial charge on any atom is 0.137 e. The average molecular weight is 322 g/mol. The topological polar surface area (TPSA) is 12.0 Å². The van der Waals surface area contributed by atoms with Gasteiger partial charge in [0.25, 0.3) is 0 Å². The number of halogens is 2. The van der Waals surface area contributed by atoms with Crippen LogP contribution in [0.1, 0.15) is 30.9 Å². The Kier molecular flexibility index (Phi) is 4.59. The third-order valence-corrected chi connectivity index (χ3v) is 3.67. The van der Waals surface area contributed by atoms with Crippen LogP contribution in [-0.2, 0) is 6.54 Å². The zero-order valence-corrected chi connectivity index (χ0v) is 12.7. The fourth-order valence-corrected chi connectivity index (χ4v) is 2.21. The Bertz CT molecular complexity index is 549. The van der Waals surface area contributed by atoms with Gasteiger partial charge in [0.2, 0.25) is 0 Å². The summed E-state index contributed by atoms with van der Waals surface area (Å²) in [4.78, 5) is 0. The molecule has 2 aromatic rings. The molecular formula is C16H17BrFN. The highest BCUT2D eigenvalue weighted by Crippen LogP contribution is 2.21. The van der Waals surface area contributed by atoms with Crippen LogP contribution < -0.4 is 5.32 Å². The van der Waals surface area contributed by atoms with Gasteiger partial charge in [-0.3, -0.25) is 0 Å². The first kappa shape index (κ1) is 14.1. The predicted octanol–water partition coefficient (Wildman–Crippen LogP) is 5.32. The first-order chi connectivity index (χ1) is 9.06. The molecule has 1 N–H and O–H groups in total. The van der Waals surface area contributed by atoms with Crippen molar-refractivity contribution in [2.45, 2.75) is 26.3 Å². The minimum absolute atomic E-state index is 0.244. The van der Waals surface area contributed by atoms with Crippen molar-refractivity contribution in [2.75, 3.05) is 5.32 Å². The van der Waals surface area contributed by atoms with Crippen LogP contribution in [0.3, 0.4) is 0 Å². The Hall–Kier alpha value is -1.35. The highest BCUT2D eigenvalue weighted by molar-refractivity contribution is 9.10. The van der Waals surface area contributed by atoms with Crippen molar-refractivity contribution >= 4 is 21.6 Å². The van der Waals surface area contributed by atoms with Crippen molar-refractivity contribution < 1.29 is 4.39 Å². The Labute approximate surface area is 122 Å². The van der Waals surface area contributed by atoms with Gasteiger partial charge in [-0.2, -0.15) is 0 Å². The van der Waals surface area contributed by atoms with Crippen LogP contribution in [0.2, 0.25) is 0 Å². The molecule has 0 atom stereocenters. The van der Waals surface area contributed by atoms with Crippen LogP contribution in [0.25, 0.3) is 0 Å². The van der Waals surface area contributed by atoms with Crippen LogP contribution in [-0.4, -0.2) is 0 Å². The number of hydrogen-bond donors (Lipinski definition) is 1. The predicted molar refractivity (Wildman–Crippen MR) is 82.0 cm³/mol. The molecule has 0 bridgehead atoms. The van der Waals surface area contributed by atoms with E-state index in [1.54, 1.807) is 12.1 Å². The largest absolute Gasteiger partial charge is 0.381 e. The number of rotatable bonds is 4. The first-order valence-corrected chi connectivity index (χ1v) is 7.13. The van der Waals surface area contributed by atoms with Gasteiger partial charge >= 0.3 is 0 Å². The zero-order valence-electron chi connectivity index (χ0n) is 11.1. The maximum absolute atomic E-state index is 13.1. The molecule has 0 fully saturated rings. The van der Waals surface area contributed by atoms with E-state index in [-0.39, 0.29) is 5.82 Å². The number of anilines is 1. The van der Waals surface area contributed by atoms with Gasteiger partial charge in [0.1, 0.15) is 5.82 Å². The van der Waals surface area contributed by atoms with E-state index in [0.29, 0.717) is 10.4 Å². The summed E-state index contributed by atoms with van der Waals surface area (Å²) < 4.78 is 13.6. The number of benzene rings is 2. The normalized spacial score (nSPS) is 10.8. The molecule has 3 heteroatoms. The zero-order chi connectivity index (χ0) is 13.8. The molecular weight excluding hydrogens is 305 g/mol. The van der Waals surface area contributed by atoms with Gasteiger partial charge in [-0.25, -0.2) is 4.39 Å². The Morgan fingerprint density at radius 2 is 1.79 bits per heavy atom. The molecule has 0 spiro atoms. The summed E-state index contributed by atoms with van der Waals surface area (Å²) in [6, 6.07) is 13.5. The monoisotopic (exact) mass is 321 g/mol. The molecule has 0 saturated heterocycles. The van der Waals surface area contributed by atoms with Crippen LogP contribution >= 0.6 is 15.9 Å². The van der Waals surface area contributed by atoms with E-state index < -0.39 is 0 Å². The smallest absolute Gasteiger partial charge is 0.137 e. The van der Waals surface area contributed by atoms with Gasteiger partial charge in [0.05, 0.1) is 4.47 Å². The van der Waals surface area contributed by atoms with Crippen molar-refractivity contribution in [1.29, 1.82) is 0 Å². The summed E-state index contributed by atoms with van der Waals surface area (Å²) >= 11 is 3.18. The molecule has 0 aliphatic carbocycles. The molecule has 0 unspecified atom stereocenters. The van der Waals surface area contributed by atoms with Crippen LogP contribution in [0, 0.1) is 5.82 Å². The van der Waals surface area contributed by atoms with E-state index in [1.165, 1.54) is 17.2 Å². The molecule has 2 rings (SSSR count). The second kappa shape index (κ2) is 6.20. The van der Waals surface area contributed by atoms with Gasteiger partial charge in [-0.05, 0) is 51.2 Å². The Morgan fingerprint density at radius 3 is 2.37 bits per heavy atom. The van der Waals surface area contributed by atoms with Crippen LogP contribution in [0.4, 0.5) is 10.1 Å². The first-order valence-electron chi connectivity index (χ1n) is 6.34. The van der Waals surface area contributed by atoms with Gasteiger partial charge < -0.3 is 5.32 Å². The quantitative estimate of drug-likeness (QED) is 0.803. The maximum atomic E-state index is 13.1. The molecule has 0 saturated carbocycles. The summed E-state index contributed by atoms with van der Waals surface area (Å²) in [6.45, 7) is 5.10. The summed E-state index contributed by atoms with van der Waals surface area (Å²) in [7, 11) is 0. The lowest BCUT2D eigenvalue weighted by Crippen LogP contribution is -2.00. The third-order valence-electron chi connectivity index (χ3n) is 3.06. The molecule has 2 aromatic carbocycles. The lowest BCUT2D eigenvalue weighted by molar-refractivity contribution is 0.621. The van der Waals surface area contributed by atoms with Gasteiger partial charge in [-0.15, -0.1) is 0 Å². The second-order valence-corrected chi connectivity index (χ2v) is 5.73. The molecule has 0 aromatic heterocycles. The molecule has 0 aliphatic rings. The standard InChI is InChI=1S/C16H17BrFN/c1-11(2)13-5-3-12(4-6-13)10-19-14-7-8-16(18)15(17)9-14/h3-9,11,19H,10H2,1-2H3. The highest BCUT2D eigenvalue weighted by Gasteiger charge is 2.01. The number of hydrogen-bond acceptors (Lipinski definition) is 1. The molecule has 0 heterocycles. The molecule has 100 valence electrons. The van der Waals surface area contributed by atoms with E-state index in [1.807, 2.05) is 0 Å². The van der Waals surface area contributed by atoms with Crippen molar-refractivity contribution in [3.05, 3.63) is 63.9 Å². The third kappa shape index (κ3) is 3.80. The van der Waals surface area contributed by atoms with Crippen LogP contribution in [0.5, 0.6) is 0 Å².